The Morgan fingerprint density at radius 3 is 2.30 bits per heavy atom. The first-order valence-corrected chi connectivity index (χ1v) is 14.2. The first-order valence-electron chi connectivity index (χ1n) is 14.2. The van der Waals surface area contributed by atoms with Gasteiger partial charge in [-0.2, -0.15) is 0 Å². The minimum absolute atomic E-state index is 0.0836. The van der Waals surface area contributed by atoms with Crippen LogP contribution < -0.4 is 10.6 Å². The molecule has 0 spiro atoms. The number of nitrogens with one attached hydrogen (secondary N) is 2. The highest BCUT2D eigenvalue weighted by Crippen LogP contribution is 2.25. The van der Waals surface area contributed by atoms with Crippen LogP contribution in [0.1, 0.15) is 31.8 Å². The second-order valence-corrected chi connectivity index (χ2v) is 10.6. The molecule has 5 rings (SSSR count). The summed E-state index contributed by atoms with van der Waals surface area (Å²) in [5.41, 5.74) is 6.00. The molecule has 0 bridgehead atoms. The lowest BCUT2D eigenvalue weighted by atomic mass is 10.1. The number of amides is 2. The molecule has 44 heavy (non-hydrogen) atoms. The maximum absolute atomic E-state index is 13.2. The summed E-state index contributed by atoms with van der Waals surface area (Å²) in [7, 11) is 3.95. The van der Waals surface area contributed by atoms with E-state index in [1.165, 1.54) is 0 Å². The number of carbonyl (C=O) groups is 2. The molecule has 0 unspecified atom stereocenters. The van der Waals surface area contributed by atoms with Crippen LogP contribution in [0.25, 0.3) is 11.3 Å². The maximum Gasteiger partial charge on any atom is 0.255 e. The fourth-order valence-corrected chi connectivity index (χ4v) is 4.48. The van der Waals surface area contributed by atoms with Gasteiger partial charge in [-0.1, -0.05) is 18.2 Å². The monoisotopic (exact) mass is 586 g/mol. The number of aryl methyl sites for hydroxylation is 1. The Bertz CT molecular complexity index is 1710. The number of benzene rings is 2. The molecule has 10 nitrogen and oxygen atoms in total. The molecule has 0 aliphatic rings. The molecule has 0 saturated carbocycles. The summed E-state index contributed by atoms with van der Waals surface area (Å²) in [6.07, 6.45) is 8.39. The van der Waals surface area contributed by atoms with E-state index in [1.54, 1.807) is 60.1 Å². The summed E-state index contributed by atoms with van der Waals surface area (Å²) in [5.74, 6) is 0.118. The summed E-state index contributed by atoms with van der Waals surface area (Å²) in [6, 6.07) is 22.1. The number of anilines is 3. The molecule has 0 atom stereocenters. The van der Waals surface area contributed by atoms with Crippen molar-refractivity contribution in [1.82, 2.24) is 29.7 Å². The van der Waals surface area contributed by atoms with Crippen LogP contribution in [0.5, 0.6) is 0 Å². The predicted molar refractivity (Wildman–Crippen MR) is 172 cm³/mol. The van der Waals surface area contributed by atoms with E-state index < -0.39 is 0 Å². The summed E-state index contributed by atoms with van der Waals surface area (Å²) < 4.78 is 0. The molecule has 0 fully saturated rings. The molecule has 0 aliphatic carbocycles. The molecule has 2 aromatic carbocycles. The van der Waals surface area contributed by atoms with E-state index in [1.807, 2.05) is 74.4 Å². The summed E-state index contributed by atoms with van der Waals surface area (Å²) in [6.45, 7) is 3.67. The Labute approximate surface area is 256 Å². The molecule has 0 radical (unpaired) electrons. The normalized spacial score (nSPS) is 10.8. The van der Waals surface area contributed by atoms with Crippen molar-refractivity contribution in [3.05, 3.63) is 126 Å². The number of carbonyl (C=O) groups excluding carboxylic acids is 2. The molecule has 222 valence electrons. The van der Waals surface area contributed by atoms with E-state index in [4.69, 9.17) is 0 Å². The van der Waals surface area contributed by atoms with Gasteiger partial charge in [0.05, 0.1) is 11.3 Å². The zero-order valence-electron chi connectivity index (χ0n) is 24.9. The minimum Gasteiger partial charge on any atom is -0.333 e. The number of likely N-dealkylation sites (N-methyl/N-ethyl adjacent to an activating group) is 1. The van der Waals surface area contributed by atoms with Crippen LogP contribution >= 0.6 is 0 Å². The lowest BCUT2D eigenvalue weighted by Gasteiger charge is -2.24. The minimum atomic E-state index is -0.239. The van der Waals surface area contributed by atoms with Crippen molar-refractivity contribution in [2.45, 2.75) is 13.5 Å². The van der Waals surface area contributed by atoms with Crippen LogP contribution in [-0.4, -0.2) is 68.7 Å². The average Bonchev–Trinajstić information content (AvgIpc) is 3.05. The number of pyridine rings is 2. The van der Waals surface area contributed by atoms with Crippen molar-refractivity contribution in [2.75, 3.05) is 37.8 Å². The van der Waals surface area contributed by atoms with Gasteiger partial charge < -0.3 is 20.4 Å². The summed E-state index contributed by atoms with van der Waals surface area (Å²) >= 11 is 0. The van der Waals surface area contributed by atoms with Crippen LogP contribution in [0.2, 0.25) is 0 Å². The third-order valence-electron chi connectivity index (χ3n) is 6.96. The Kier molecular flexibility index (Phi) is 9.63. The van der Waals surface area contributed by atoms with Gasteiger partial charge in [-0.3, -0.25) is 19.6 Å². The van der Waals surface area contributed by atoms with Crippen molar-refractivity contribution < 1.29 is 9.59 Å². The zero-order chi connectivity index (χ0) is 30.9. The fraction of sp³-hybridized carbons (Fsp3) is 0.176. The molecule has 0 saturated heterocycles. The lowest BCUT2D eigenvalue weighted by molar-refractivity contribution is 0.0731. The molecule has 2 amide bonds. The van der Waals surface area contributed by atoms with Crippen molar-refractivity contribution in [3.63, 3.8) is 0 Å². The van der Waals surface area contributed by atoms with Gasteiger partial charge in [0, 0.05) is 73.1 Å². The summed E-state index contributed by atoms with van der Waals surface area (Å²) in [5, 5.41) is 6.24. The molecule has 3 aromatic heterocycles. The Hall–Kier alpha value is -5.48. The molecular formula is C34H34N8O2. The zero-order valence-corrected chi connectivity index (χ0v) is 24.9. The van der Waals surface area contributed by atoms with Gasteiger partial charge >= 0.3 is 0 Å². The van der Waals surface area contributed by atoms with Crippen LogP contribution in [-0.2, 0) is 6.54 Å². The third-order valence-corrected chi connectivity index (χ3v) is 6.96. The number of rotatable bonds is 11. The molecule has 10 heteroatoms. The average molecular weight is 587 g/mol. The van der Waals surface area contributed by atoms with Crippen molar-refractivity contribution in [2.24, 2.45) is 0 Å². The standard InChI is InChI=1S/C34H34N8O2/c1-24-8-13-29(20-31(24)40-34-37-17-14-30(39-34)27-6-4-15-35-21-27)38-32(43)26-11-9-25(10-12-26)23-42(19-18-41(2)3)33(44)28-7-5-16-36-22-28/h4-17,20-22H,18-19,23H2,1-3H3,(H,38,43)(H,37,39,40). The number of nitrogens with zero attached hydrogens (tertiary/aromatic N) is 6. The van der Waals surface area contributed by atoms with Gasteiger partial charge in [0.15, 0.2) is 0 Å². The second kappa shape index (κ2) is 14.1. The van der Waals surface area contributed by atoms with Crippen LogP contribution in [0.4, 0.5) is 17.3 Å². The van der Waals surface area contributed by atoms with E-state index in [0.29, 0.717) is 35.9 Å². The molecule has 3 heterocycles. The number of aromatic nitrogens is 4. The van der Waals surface area contributed by atoms with E-state index in [0.717, 1.165) is 34.6 Å². The second-order valence-electron chi connectivity index (χ2n) is 10.6. The van der Waals surface area contributed by atoms with Gasteiger partial charge in [0.25, 0.3) is 11.8 Å². The van der Waals surface area contributed by atoms with E-state index in [9.17, 15) is 9.59 Å². The lowest BCUT2D eigenvalue weighted by Crippen LogP contribution is -2.36. The first-order chi connectivity index (χ1) is 21.4. The smallest absolute Gasteiger partial charge is 0.255 e. The number of hydrogen-bond donors (Lipinski definition) is 2. The van der Waals surface area contributed by atoms with Gasteiger partial charge in [0.2, 0.25) is 5.95 Å². The van der Waals surface area contributed by atoms with E-state index >= 15 is 0 Å². The quantitative estimate of drug-likeness (QED) is 0.210. The van der Waals surface area contributed by atoms with Gasteiger partial charge in [-0.25, -0.2) is 9.97 Å². The Balaban J connectivity index is 1.25. The first kappa shape index (κ1) is 30.0. The molecule has 0 aliphatic heterocycles. The van der Waals surface area contributed by atoms with Crippen molar-refractivity contribution in [1.29, 1.82) is 0 Å². The molecule has 5 aromatic rings. The fourth-order valence-electron chi connectivity index (χ4n) is 4.48. The van der Waals surface area contributed by atoms with Gasteiger partial charge in [0.1, 0.15) is 0 Å². The third kappa shape index (κ3) is 7.87. The van der Waals surface area contributed by atoms with Crippen molar-refractivity contribution >= 4 is 29.1 Å². The van der Waals surface area contributed by atoms with E-state index in [2.05, 4.69) is 30.6 Å². The van der Waals surface area contributed by atoms with Crippen LogP contribution in [0.3, 0.4) is 0 Å². The topological polar surface area (TPSA) is 116 Å². The number of hydrogen-bond acceptors (Lipinski definition) is 8. The molecular weight excluding hydrogens is 552 g/mol. The SMILES string of the molecule is Cc1ccc(NC(=O)c2ccc(CN(CCN(C)C)C(=O)c3cccnc3)cc2)cc1Nc1nccc(-c2cccnc2)n1. The van der Waals surface area contributed by atoms with E-state index in [-0.39, 0.29) is 11.8 Å². The Morgan fingerprint density at radius 1 is 0.818 bits per heavy atom. The highest BCUT2D eigenvalue weighted by molar-refractivity contribution is 6.04. The van der Waals surface area contributed by atoms with Gasteiger partial charge in [-0.15, -0.1) is 0 Å². The maximum atomic E-state index is 13.2. The largest absolute Gasteiger partial charge is 0.333 e. The Morgan fingerprint density at radius 2 is 1.59 bits per heavy atom. The van der Waals surface area contributed by atoms with Crippen LogP contribution in [0.15, 0.2) is 104 Å². The highest BCUT2D eigenvalue weighted by Gasteiger charge is 2.17. The van der Waals surface area contributed by atoms with Crippen molar-refractivity contribution in [3.8, 4) is 11.3 Å². The van der Waals surface area contributed by atoms with Crippen LogP contribution in [0, 0.1) is 6.92 Å². The predicted octanol–water partition coefficient (Wildman–Crippen LogP) is 5.44. The van der Waals surface area contributed by atoms with Gasteiger partial charge in [-0.05, 0) is 86.7 Å². The highest BCUT2D eigenvalue weighted by atomic mass is 16.2. The summed E-state index contributed by atoms with van der Waals surface area (Å²) in [4.78, 5) is 47.4. The molecule has 2 N–H and O–H groups in total.